The van der Waals surface area contributed by atoms with E-state index < -0.39 is 5.97 Å². The fourth-order valence-electron chi connectivity index (χ4n) is 1.66. The van der Waals surface area contributed by atoms with E-state index in [0.717, 1.165) is 21.7 Å². The van der Waals surface area contributed by atoms with E-state index in [1.165, 1.54) is 13.4 Å². The maximum atomic E-state index is 11.5. The standard InChI is InChI=1S/C14H15NO3S/c1-9-4-3-5-11(12(9)15)19-8-10-6-7-18-13(10)14(16)17-2/h3-7H,8,15H2,1-2H3. The van der Waals surface area contributed by atoms with Crippen LogP contribution in [0.15, 0.2) is 39.8 Å². The van der Waals surface area contributed by atoms with Crippen molar-refractivity contribution in [2.75, 3.05) is 12.8 Å². The Morgan fingerprint density at radius 2 is 2.21 bits per heavy atom. The van der Waals surface area contributed by atoms with Crippen molar-refractivity contribution >= 4 is 23.4 Å². The largest absolute Gasteiger partial charge is 0.463 e. The van der Waals surface area contributed by atoms with Gasteiger partial charge in [-0.15, -0.1) is 11.8 Å². The van der Waals surface area contributed by atoms with Crippen LogP contribution in [0.2, 0.25) is 0 Å². The minimum Gasteiger partial charge on any atom is -0.463 e. The Bertz CT molecular complexity index is 592. The quantitative estimate of drug-likeness (QED) is 0.528. The van der Waals surface area contributed by atoms with Gasteiger partial charge in [0.1, 0.15) is 0 Å². The highest BCUT2D eigenvalue weighted by molar-refractivity contribution is 7.98. The van der Waals surface area contributed by atoms with Crippen LogP contribution in [0.1, 0.15) is 21.7 Å². The molecule has 0 bridgehead atoms. The minimum absolute atomic E-state index is 0.251. The molecule has 0 fully saturated rings. The average Bonchev–Trinajstić information content (AvgIpc) is 2.88. The number of aryl methyl sites for hydroxylation is 1. The molecule has 2 rings (SSSR count). The SMILES string of the molecule is COC(=O)c1occc1CSc1cccc(C)c1N. The molecule has 0 saturated heterocycles. The van der Waals surface area contributed by atoms with E-state index in [-0.39, 0.29) is 5.76 Å². The van der Waals surface area contributed by atoms with Crippen molar-refractivity contribution in [1.82, 2.24) is 0 Å². The van der Waals surface area contributed by atoms with Gasteiger partial charge in [-0.2, -0.15) is 0 Å². The summed E-state index contributed by atoms with van der Waals surface area (Å²) in [5.74, 6) is 0.397. The number of ether oxygens (including phenoxy) is 1. The van der Waals surface area contributed by atoms with Crippen molar-refractivity contribution in [2.24, 2.45) is 0 Å². The van der Waals surface area contributed by atoms with Gasteiger partial charge < -0.3 is 14.9 Å². The van der Waals surface area contributed by atoms with E-state index in [4.69, 9.17) is 10.2 Å². The Morgan fingerprint density at radius 3 is 2.95 bits per heavy atom. The molecule has 0 saturated carbocycles. The summed E-state index contributed by atoms with van der Waals surface area (Å²) in [6.45, 7) is 1.97. The third-order valence-electron chi connectivity index (χ3n) is 2.78. The number of nitrogens with two attached hydrogens (primary N) is 1. The Balaban J connectivity index is 2.13. The number of hydrogen-bond acceptors (Lipinski definition) is 5. The third-order valence-corrected chi connectivity index (χ3v) is 3.91. The van der Waals surface area contributed by atoms with Gasteiger partial charge in [0.15, 0.2) is 0 Å². The lowest BCUT2D eigenvalue weighted by Gasteiger charge is -2.07. The van der Waals surface area contributed by atoms with E-state index >= 15 is 0 Å². The molecule has 1 aromatic carbocycles. The molecule has 0 aliphatic rings. The fourth-order valence-corrected chi connectivity index (χ4v) is 2.69. The number of carbonyl (C=O) groups excluding carboxylic acids is 1. The van der Waals surface area contributed by atoms with Crippen LogP contribution in [0, 0.1) is 6.92 Å². The summed E-state index contributed by atoms with van der Waals surface area (Å²) < 4.78 is 9.80. The monoisotopic (exact) mass is 277 g/mol. The van der Waals surface area contributed by atoms with Crippen LogP contribution < -0.4 is 5.73 Å². The summed E-state index contributed by atoms with van der Waals surface area (Å²) in [6, 6.07) is 7.66. The zero-order chi connectivity index (χ0) is 13.8. The lowest BCUT2D eigenvalue weighted by molar-refractivity contribution is 0.0564. The molecule has 2 aromatic rings. The first kappa shape index (κ1) is 13.5. The van der Waals surface area contributed by atoms with Crippen molar-refractivity contribution in [3.63, 3.8) is 0 Å². The molecular weight excluding hydrogens is 262 g/mol. The fraction of sp³-hybridized carbons (Fsp3) is 0.214. The van der Waals surface area contributed by atoms with Crippen LogP contribution in [0.3, 0.4) is 0 Å². The van der Waals surface area contributed by atoms with Gasteiger partial charge >= 0.3 is 5.97 Å². The Morgan fingerprint density at radius 1 is 1.42 bits per heavy atom. The lowest BCUT2D eigenvalue weighted by atomic mass is 10.2. The predicted octanol–water partition coefficient (Wildman–Crippen LogP) is 3.25. The molecule has 5 heteroatoms. The summed E-state index contributed by atoms with van der Waals surface area (Å²) in [5, 5.41) is 0. The normalized spacial score (nSPS) is 10.4. The highest BCUT2D eigenvalue weighted by atomic mass is 32.2. The number of benzene rings is 1. The van der Waals surface area contributed by atoms with Crippen molar-refractivity contribution in [3.05, 3.63) is 47.4 Å². The zero-order valence-corrected chi connectivity index (χ0v) is 11.6. The molecule has 2 N–H and O–H groups in total. The number of thioether (sulfide) groups is 1. The second-order valence-corrected chi connectivity index (χ2v) is 5.06. The molecule has 0 amide bonds. The van der Waals surface area contributed by atoms with E-state index in [9.17, 15) is 4.79 Å². The first-order valence-corrected chi connectivity index (χ1v) is 6.74. The van der Waals surface area contributed by atoms with Crippen molar-refractivity contribution < 1.29 is 13.9 Å². The second kappa shape index (κ2) is 5.84. The summed E-state index contributed by atoms with van der Waals surface area (Å²) in [4.78, 5) is 12.5. The molecule has 1 heterocycles. The smallest absolute Gasteiger partial charge is 0.374 e. The number of carbonyl (C=O) groups is 1. The lowest BCUT2D eigenvalue weighted by Crippen LogP contribution is -2.02. The number of hydrogen-bond donors (Lipinski definition) is 1. The van der Waals surface area contributed by atoms with Crippen molar-refractivity contribution in [2.45, 2.75) is 17.6 Å². The number of furan rings is 1. The molecule has 0 radical (unpaired) electrons. The summed E-state index contributed by atoms with van der Waals surface area (Å²) in [7, 11) is 1.33. The van der Waals surface area contributed by atoms with Gasteiger partial charge in [0.2, 0.25) is 5.76 Å². The third kappa shape index (κ3) is 2.93. The first-order chi connectivity index (χ1) is 9.13. The molecular formula is C14H15NO3S. The van der Waals surface area contributed by atoms with Gasteiger partial charge in [0.05, 0.1) is 13.4 Å². The molecule has 0 aliphatic carbocycles. The van der Waals surface area contributed by atoms with Crippen LogP contribution in [-0.2, 0) is 10.5 Å². The first-order valence-electron chi connectivity index (χ1n) is 5.76. The van der Waals surface area contributed by atoms with Gasteiger partial charge in [-0.1, -0.05) is 12.1 Å². The van der Waals surface area contributed by atoms with E-state index in [1.807, 2.05) is 25.1 Å². The van der Waals surface area contributed by atoms with Crippen molar-refractivity contribution in [1.29, 1.82) is 0 Å². The molecule has 1 aromatic heterocycles. The van der Waals surface area contributed by atoms with Gasteiger partial charge in [0, 0.05) is 21.9 Å². The number of rotatable bonds is 4. The van der Waals surface area contributed by atoms with E-state index in [2.05, 4.69) is 4.74 Å². The molecule has 0 aliphatic heterocycles. The van der Waals surface area contributed by atoms with Gasteiger partial charge in [0.25, 0.3) is 0 Å². The number of methoxy groups -OCH3 is 1. The van der Waals surface area contributed by atoms with E-state index in [1.54, 1.807) is 17.8 Å². The molecule has 4 nitrogen and oxygen atoms in total. The molecule has 19 heavy (non-hydrogen) atoms. The van der Waals surface area contributed by atoms with Crippen LogP contribution in [-0.4, -0.2) is 13.1 Å². The highest BCUT2D eigenvalue weighted by Crippen LogP contribution is 2.31. The predicted molar refractivity (Wildman–Crippen MR) is 75.2 cm³/mol. The maximum Gasteiger partial charge on any atom is 0.374 e. The zero-order valence-electron chi connectivity index (χ0n) is 10.8. The molecule has 100 valence electrons. The molecule has 0 atom stereocenters. The summed E-state index contributed by atoms with van der Waals surface area (Å²) in [5.41, 5.74) is 8.63. The summed E-state index contributed by atoms with van der Waals surface area (Å²) >= 11 is 1.57. The van der Waals surface area contributed by atoms with Gasteiger partial charge in [-0.05, 0) is 24.6 Å². The average molecular weight is 277 g/mol. The summed E-state index contributed by atoms with van der Waals surface area (Å²) in [6.07, 6.45) is 1.49. The van der Waals surface area contributed by atoms with Gasteiger partial charge in [-0.25, -0.2) is 4.79 Å². The maximum absolute atomic E-state index is 11.5. The minimum atomic E-state index is -0.460. The van der Waals surface area contributed by atoms with Gasteiger partial charge in [-0.3, -0.25) is 0 Å². The second-order valence-electron chi connectivity index (χ2n) is 4.04. The number of anilines is 1. The van der Waals surface area contributed by atoms with Crippen LogP contribution in [0.5, 0.6) is 0 Å². The van der Waals surface area contributed by atoms with E-state index in [0.29, 0.717) is 5.75 Å². The number of para-hydroxylation sites is 1. The Labute approximate surface area is 115 Å². The molecule has 0 unspecified atom stereocenters. The van der Waals surface area contributed by atoms with Crippen LogP contribution in [0.4, 0.5) is 5.69 Å². The highest BCUT2D eigenvalue weighted by Gasteiger charge is 2.16. The van der Waals surface area contributed by atoms with Crippen molar-refractivity contribution in [3.8, 4) is 0 Å². The topological polar surface area (TPSA) is 65.5 Å². The Hall–Kier alpha value is -1.88. The number of esters is 1. The van der Waals surface area contributed by atoms with Crippen LogP contribution >= 0.6 is 11.8 Å². The number of nitrogen functional groups attached to an aromatic ring is 1. The Kier molecular flexibility index (Phi) is 4.16. The molecule has 0 spiro atoms. The van der Waals surface area contributed by atoms with Crippen LogP contribution in [0.25, 0.3) is 0 Å².